The standard InChI is InChI=1S/C14H25N3O4/c1-10(2)8-15-12(18)13(19)16-9-11-4-6-17(7-5-11)14(20)21-3/h10-11H,4-9H2,1-3H3,(H,15,18)(H,16,19). The number of nitrogens with zero attached hydrogens (tertiary/aromatic N) is 1. The van der Waals surface area contributed by atoms with E-state index in [-0.39, 0.29) is 12.0 Å². The third kappa shape index (κ3) is 6.01. The van der Waals surface area contributed by atoms with Crippen LogP contribution in [0.15, 0.2) is 0 Å². The van der Waals surface area contributed by atoms with Crippen LogP contribution in [0.2, 0.25) is 0 Å². The van der Waals surface area contributed by atoms with Crippen molar-refractivity contribution in [2.75, 3.05) is 33.3 Å². The van der Waals surface area contributed by atoms with E-state index in [1.807, 2.05) is 13.8 Å². The summed E-state index contributed by atoms with van der Waals surface area (Å²) >= 11 is 0. The first kappa shape index (κ1) is 17.3. The van der Waals surface area contributed by atoms with E-state index in [4.69, 9.17) is 0 Å². The summed E-state index contributed by atoms with van der Waals surface area (Å²) in [5, 5.41) is 5.23. The van der Waals surface area contributed by atoms with E-state index in [1.54, 1.807) is 4.90 Å². The number of methoxy groups -OCH3 is 1. The van der Waals surface area contributed by atoms with Gasteiger partial charge in [0.1, 0.15) is 0 Å². The second-order valence-corrected chi connectivity index (χ2v) is 5.71. The number of hydrogen-bond acceptors (Lipinski definition) is 4. The van der Waals surface area contributed by atoms with Gasteiger partial charge in [-0.25, -0.2) is 4.79 Å². The highest BCUT2D eigenvalue weighted by Gasteiger charge is 2.24. The summed E-state index contributed by atoms with van der Waals surface area (Å²) in [7, 11) is 1.37. The maximum Gasteiger partial charge on any atom is 0.409 e. The van der Waals surface area contributed by atoms with Crippen molar-refractivity contribution in [2.45, 2.75) is 26.7 Å². The molecule has 7 nitrogen and oxygen atoms in total. The molecule has 21 heavy (non-hydrogen) atoms. The minimum absolute atomic E-state index is 0.285. The quantitative estimate of drug-likeness (QED) is 0.733. The minimum Gasteiger partial charge on any atom is -0.453 e. The highest BCUT2D eigenvalue weighted by molar-refractivity contribution is 6.35. The van der Waals surface area contributed by atoms with Crippen molar-refractivity contribution in [3.8, 4) is 0 Å². The van der Waals surface area contributed by atoms with Gasteiger partial charge in [-0.3, -0.25) is 9.59 Å². The maximum atomic E-state index is 11.6. The number of hydrogen-bond donors (Lipinski definition) is 2. The van der Waals surface area contributed by atoms with Crippen LogP contribution in [0.25, 0.3) is 0 Å². The first-order chi connectivity index (χ1) is 9.93. The van der Waals surface area contributed by atoms with Gasteiger partial charge in [0.25, 0.3) is 0 Å². The topological polar surface area (TPSA) is 87.7 Å². The van der Waals surface area contributed by atoms with Crippen LogP contribution in [0.3, 0.4) is 0 Å². The molecule has 120 valence electrons. The molecule has 0 spiro atoms. The number of ether oxygens (including phenoxy) is 1. The fraction of sp³-hybridized carbons (Fsp3) is 0.786. The van der Waals surface area contributed by atoms with Gasteiger partial charge in [-0.2, -0.15) is 0 Å². The zero-order valence-electron chi connectivity index (χ0n) is 13.0. The van der Waals surface area contributed by atoms with E-state index in [9.17, 15) is 14.4 Å². The molecule has 1 saturated heterocycles. The van der Waals surface area contributed by atoms with Crippen molar-refractivity contribution in [1.82, 2.24) is 15.5 Å². The maximum absolute atomic E-state index is 11.6. The molecule has 0 atom stereocenters. The highest BCUT2D eigenvalue weighted by Crippen LogP contribution is 2.16. The molecule has 0 aromatic heterocycles. The third-order valence-electron chi connectivity index (χ3n) is 3.48. The average Bonchev–Trinajstić information content (AvgIpc) is 2.49. The molecule has 1 aliphatic rings. The van der Waals surface area contributed by atoms with Crippen LogP contribution in [0, 0.1) is 11.8 Å². The molecule has 1 fully saturated rings. The van der Waals surface area contributed by atoms with Crippen molar-refractivity contribution in [2.24, 2.45) is 11.8 Å². The summed E-state index contributed by atoms with van der Waals surface area (Å²) in [6, 6.07) is 0. The number of likely N-dealkylation sites (tertiary alicyclic amines) is 1. The molecule has 0 bridgehead atoms. The van der Waals surface area contributed by atoms with Crippen molar-refractivity contribution < 1.29 is 19.1 Å². The second-order valence-electron chi connectivity index (χ2n) is 5.71. The molecule has 0 aromatic rings. The Morgan fingerprint density at radius 2 is 1.71 bits per heavy atom. The number of piperidine rings is 1. The number of carbonyl (C=O) groups is 3. The molecule has 3 amide bonds. The Labute approximate surface area is 125 Å². The molecular weight excluding hydrogens is 274 g/mol. The van der Waals surface area contributed by atoms with Gasteiger partial charge >= 0.3 is 17.9 Å². The molecule has 0 aromatic carbocycles. The zero-order chi connectivity index (χ0) is 15.8. The van der Waals surface area contributed by atoms with Crippen molar-refractivity contribution in [3.05, 3.63) is 0 Å². The Balaban J connectivity index is 2.23. The van der Waals surface area contributed by atoms with Gasteiger partial charge in [0, 0.05) is 26.2 Å². The predicted octanol–water partition coefficient (Wildman–Crippen LogP) is 0.353. The van der Waals surface area contributed by atoms with Crippen LogP contribution in [-0.4, -0.2) is 56.1 Å². The lowest BCUT2D eigenvalue weighted by molar-refractivity contribution is -0.139. The summed E-state index contributed by atoms with van der Waals surface area (Å²) in [4.78, 5) is 36.1. The molecule has 1 heterocycles. The number of nitrogens with one attached hydrogen (secondary N) is 2. The summed E-state index contributed by atoms with van der Waals surface area (Å²) < 4.78 is 4.67. The largest absolute Gasteiger partial charge is 0.453 e. The summed E-state index contributed by atoms with van der Waals surface area (Å²) in [6.07, 6.45) is 1.27. The number of amides is 3. The van der Waals surface area contributed by atoms with Crippen LogP contribution in [0.4, 0.5) is 4.79 Å². The van der Waals surface area contributed by atoms with E-state index in [0.717, 1.165) is 12.8 Å². The Morgan fingerprint density at radius 3 is 2.24 bits per heavy atom. The molecule has 1 aliphatic heterocycles. The van der Waals surface area contributed by atoms with Crippen LogP contribution in [0.5, 0.6) is 0 Å². The molecule has 0 saturated carbocycles. The van der Waals surface area contributed by atoms with Gasteiger partial charge in [-0.1, -0.05) is 13.8 Å². The van der Waals surface area contributed by atoms with Crippen LogP contribution in [-0.2, 0) is 14.3 Å². The lowest BCUT2D eigenvalue weighted by Gasteiger charge is -2.30. The van der Waals surface area contributed by atoms with Crippen molar-refractivity contribution in [1.29, 1.82) is 0 Å². The Hall–Kier alpha value is -1.79. The predicted molar refractivity (Wildman–Crippen MR) is 77.6 cm³/mol. The lowest BCUT2D eigenvalue weighted by Crippen LogP contribution is -2.45. The van der Waals surface area contributed by atoms with Gasteiger partial charge in [0.05, 0.1) is 7.11 Å². The van der Waals surface area contributed by atoms with E-state index >= 15 is 0 Å². The molecule has 0 radical (unpaired) electrons. The second kappa shape index (κ2) is 8.49. The van der Waals surface area contributed by atoms with Crippen LogP contribution >= 0.6 is 0 Å². The summed E-state index contributed by atoms with van der Waals surface area (Å²) in [5.74, 6) is -0.584. The van der Waals surface area contributed by atoms with E-state index in [1.165, 1.54) is 7.11 Å². The van der Waals surface area contributed by atoms with Gasteiger partial charge in [-0.15, -0.1) is 0 Å². The smallest absolute Gasteiger partial charge is 0.409 e. The summed E-state index contributed by atoms with van der Waals surface area (Å²) in [6.45, 7) is 6.12. The Morgan fingerprint density at radius 1 is 1.14 bits per heavy atom. The number of carbonyl (C=O) groups excluding carboxylic acids is 3. The Kier molecular flexibility index (Phi) is 6.98. The zero-order valence-corrected chi connectivity index (χ0v) is 13.0. The average molecular weight is 299 g/mol. The molecular formula is C14H25N3O4. The molecule has 1 rings (SSSR count). The van der Waals surface area contributed by atoms with Crippen LogP contribution < -0.4 is 10.6 Å². The lowest BCUT2D eigenvalue weighted by atomic mass is 9.97. The molecule has 0 aliphatic carbocycles. The van der Waals surface area contributed by atoms with Crippen molar-refractivity contribution >= 4 is 17.9 Å². The van der Waals surface area contributed by atoms with Crippen molar-refractivity contribution in [3.63, 3.8) is 0 Å². The first-order valence-electron chi connectivity index (χ1n) is 7.33. The van der Waals surface area contributed by atoms with Crippen LogP contribution in [0.1, 0.15) is 26.7 Å². The Bertz CT molecular complexity index is 376. The SMILES string of the molecule is COC(=O)N1CCC(CNC(=O)C(=O)NCC(C)C)CC1. The fourth-order valence-corrected chi connectivity index (χ4v) is 2.14. The van der Waals surface area contributed by atoms with Gasteiger partial charge in [-0.05, 0) is 24.7 Å². The monoisotopic (exact) mass is 299 g/mol. The van der Waals surface area contributed by atoms with Gasteiger partial charge in [0.15, 0.2) is 0 Å². The molecule has 0 unspecified atom stereocenters. The number of rotatable bonds is 4. The normalized spacial score (nSPS) is 15.7. The summed E-state index contributed by atoms with van der Waals surface area (Å²) in [5.41, 5.74) is 0. The molecule has 7 heteroatoms. The minimum atomic E-state index is -0.592. The van der Waals surface area contributed by atoms with E-state index in [0.29, 0.717) is 32.1 Å². The molecule has 2 N–H and O–H groups in total. The van der Waals surface area contributed by atoms with E-state index in [2.05, 4.69) is 15.4 Å². The van der Waals surface area contributed by atoms with E-state index < -0.39 is 11.8 Å². The third-order valence-corrected chi connectivity index (χ3v) is 3.48. The first-order valence-corrected chi connectivity index (χ1v) is 7.33. The highest BCUT2D eigenvalue weighted by atomic mass is 16.5. The van der Waals surface area contributed by atoms with Gasteiger partial charge < -0.3 is 20.3 Å². The van der Waals surface area contributed by atoms with Gasteiger partial charge in [0.2, 0.25) is 0 Å². The fourth-order valence-electron chi connectivity index (χ4n) is 2.14.